The highest BCUT2D eigenvalue weighted by molar-refractivity contribution is 5.99. The molecule has 0 bridgehead atoms. The van der Waals surface area contributed by atoms with Gasteiger partial charge < -0.3 is 9.80 Å². The molecule has 0 spiro atoms. The molecule has 0 unspecified atom stereocenters. The van der Waals surface area contributed by atoms with Crippen LogP contribution in [0.5, 0.6) is 0 Å². The largest absolute Gasteiger partial charge is 0.310 e. The van der Waals surface area contributed by atoms with E-state index in [1.165, 1.54) is 32.8 Å². The molecule has 8 aromatic carbocycles. The fourth-order valence-corrected chi connectivity index (χ4v) is 6.53. The number of para-hydroxylation sites is 1. The van der Waals surface area contributed by atoms with Gasteiger partial charge in [0.15, 0.2) is 0 Å². The number of anilines is 6. The van der Waals surface area contributed by atoms with Crippen LogP contribution in [0.4, 0.5) is 34.1 Å². The number of fused-ring (bicyclic) bond motifs is 2. The number of aryl methyl sites for hydroxylation is 1. The summed E-state index contributed by atoms with van der Waals surface area (Å²) in [5.41, 5.74) is 10.4. The van der Waals surface area contributed by atoms with Crippen molar-refractivity contribution >= 4 is 67.8 Å². The van der Waals surface area contributed by atoms with Crippen LogP contribution in [0.2, 0.25) is 0 Å². The smallest absolute Gasteiger partial charge is 0.0540 e. The zero-order valence-electron chi connectivity index (χ0n) is 27.4. The first-order valence-corrected chi connectivity index (χ1v) is 16.8. The van der Waals surface area contributed by atoms with Gasteiger partial charge in [0.1, 0.15) is 0 Å². The molecule has 0 aliphatic heterocycles. The zero-order valence-corrected chi connectivity index (χ0v) is 27.4. The molecular weight excluding hydrogens is 593 g/mol. The maximum Gasteiger partial charge on any atom is 0.0540 e. The van der Waals surface area contributed by atoms with E-state index in [0.29, 0.717) is 0 Å². The molecular formula is C47H36N2. The maximum atomic E-state index is 2.35. The van der Waals surface area contributed by atoms with Crippen molar-refractivity contribution in [1.29, 1.82) is 0 Å². The first-order valence-electron chi connectivity index (χ1n) is 16.8. The van der Waals surface area contributed by atoms with Gasteiger partial charge in [-0.25, -0.2) is 0 Å². The topological polar surface area (TPSA) is 6.48 Å². The van der Waals surface area contributed by atoms with Crippen molar-refractivity contribution in [1.82, 2.24) is 0 Å². The number of hydrogen-bond acceptors (Lipinski definition) is 2. The van der Waals surface area contributed by atoms with Crippen LogP contribution in [0.1, 0.15) is 16.7 Å². The lowest BCUT2D eigenvalue weighted by atomic mass is 10.1. The Kier molecular flexibility index (Phi) is 8.19. The summed E-state index contributed by atoms with van der Waals surface area (Å²) in [6.45, 7) is 2.13. The summed E-state index contributed by atoms with van der Waals surface area (Å²) in [6.07, 6.45) is 4.37. The lowest BCUT2D eigenvalue weighted by Gasteiger charge is -2.27. The first kappa shape index (κ1) is 30.0. The number of hydrogen-bond donors (Lipinski definition) is 0. The van der Waals surface area contributed by atoms with Crippen LogP contribution < -0.4 is 9.80 Å². The van der Waals surface area contributed by atoms with Crippen molar-refractivity contribution < 1.29 is 0 Å². The average molecular weight is 629 g/mol. The average Bonchev–Trinajstić information content (AvgIpc) is 3.16. The molecule has 8 aromatic rings. The Balaban J connectivity index is 1.07. The van der Waals surface area contributed by atoms with Crippen LogP contribution in [-0.2, 0) is 0 Å². The van der Waals surface area contributed by atoms with Gasteiger partial charge in [-0.15, -0.1) is 0 Å². The van der Waals surface area contributed by atoms with Crippen LogP contribution in [0.25, 0.3) is 33.7 Å². The molecule has 49 heavy (non-hydrogen) atoms. The Bertz CT molecular complexity index is 2370. The fraction of sp³-hybridized carbons (Fsp3) is 0.0213. The van der Waals surface area contributed by atoms with Crippen molar-refractivity contribution in [3.63, 3.8) is 0 Å². The molecule has 2 heteroatoms. The SMILES string of the molecule is Cc1ccc(N(c2ccc(/C=C/c3ccc(N(c4ccccc4)c4ccc5ccccc5c4)cc3)cc2)c2cccc3ccccc23)cc1. The Hall–Kier alpha value is -6.38. The van der Waals surface area contributed by atoms with Crippen molar-refractivity contribution in [3.05, 3.63) is 205 Å². The normalized spacial score (nSPS) is 11.3. The molecule has 234 valence electrons. The summed E-state index contributed by atoms with van der Waals surface area (Å²) in [5, 5.41) is 4.92. The van der Waals surface area contributed by atoms with Crippen molar-refractivity contribution in [2.24, 2.45) is 0 Å². The van der Waals surface area contributed by atoms with Gasteiger partial charge >= 0.3 is 0 Å². The van der Waals surface area contributed by atoms with Crippen molar-refractivity contribution in [2.45, 2.75) is 6.92 Å². The van der Waals surface area contributed by atoms with Gasteiger partial charge in [0.25, 0.3) is 0 Å². The predicted octanol–water partition coefficient (Wildman–Crippen LogP) is 13.4. The second-order valence-corrected chi connectivity index (χ2v) is 12.4. The lowest BCUT2D eigenvalue weighted by molar-refractivity contribution is 1.29. The standard InChI is InChI=1S/C47H36N2/c1-35-18-27-43(28-19-35)49(47-17-9-13-39-11-7-8-16-46(39)47)44-31-24-37(25-32-44)21-20-36-22-29-42(30-23-36)48(41-14-3-2-4-15-41)45-33-26-38-10-5-6-12-40(38)34-45/h2-34H,1H3/b21-20+. The minimum atomic E-state index is 1.12. The highest BCUT2D eigenvalue weighted by atomic mass is 15.1. The molecule has 0 aliphatic rings. The molecule has 0 aliphatic carbocycles. The van der Waals surface area contributed by atoms with E-state index in [-0.39, 0.29) is 0 Å². The highest BCUT2D eigenvalue weighted by Crippen LogP contribution is 2.39. The van der Waals surface area contributed by atoms with E-state index < -0.39 is 0 Å². The van der Waals surface area contributed by atoms with Crippen LogP contribution >= 0.6 is 0 Å². The van der Waals surface area contributed by atoms with E-state index in [4.69, 9.17) is 0 Å². The Morgan fingerprint density at radius 2 is 0.837 bits per heavy atom. The van der Waals surface area contributed by atoms with E-state index >= 15 is 0 Å². The summed E-state index contributed by atoms with van der Waals surface area (Å²) in [7, 11) is 0. The highest BCUT2D eigenvalue weighted by Gasteiger charge is 2.15. The predicted molar refractivity (Wildman–Crippen MR) is 211 cm³/mol. The molecule has 8 rings (SSSR count). The Morgan fingerprint density at radius 1 is 0.347 bits per heavy atom. The summed E-state index contributed by atoms with van der Waals surface area (Å²) in [4.78, 5) is 4.66. The van der Waals surface area contributed by atoms with Gasteiger partial charge in [-0.05, 0) is 101 Å². The quantitative estimate of drug-likeness (QED) is 0.155. The fourth-order valence-electron chi connectivity index (χ4n) is 6.53. The molecule has 0 saturated carbocycles. The maximum absolute atomic E-state index is 2.35. The molecule has 0 saturated heterocycles. The molecule has 0 atom stereocenters. The minimum Gasteiger partial charge on any atom is -0.310 e. The van der Waals surface area contributed by atoms with E-state index in [1.54, 1.807) is 0 Å². The zero-order chi connectivity index (χ0) is 33.0. The van der Waals surface area contributed by atoms with Crippen LogP contribution in [0.15, 0.2) is 188 Å². The van der Waals surface area contributed by atoms with Crippen molar-refractivity contribution in [2.75, 3.05) is 9.80 Å². The van der Waals surface area contributed by atoms with Crippen LogP contribution in [0, 0.1) is 6.92 Å². The Morgan fingerprint density at radius 3 is 1.51 bits per heavy atom. The molecule has 0 heterocycles. The number of rotatable bonds is 8. The summed E-state index contributed by atoms with van der Waals surface area (Å²) in [6, 6.07) is 67.2. The van der Waals surface area contributed by atoms with Crippen LogP contribution in [0.3, 0.4) is 0 Å². The molecule has 0 amide bonds. The van der Waals surface area contributed by atoms with Crippen LogP contribution in [-0.4, -0.2) is 0 Å². The van der Waals surface area contributed by atoms with Gasteiger partial charge in [-0.1, -0.05) is 139 Å². The first-order chi connectivity index (χ1) is 24.2. The van der Waals surface area contributed by atoms with Gasteiger partial charge in [0, 0.05) is 33.8 Å². The second kappa shape index (κ2) is 13.4. The third kappa shape index (κ3) is 6.33. The number of benzene rings is 8. The van der Waals surface area contributed by atoms with Gasteiger partial charge in [-0.2, -0.15) is 0 Å². The number of nitrogens with zero attached hydrogens (tertiary/aromatic N) is 2. The molecule has 0 aromatic heterocycles. The van der Waals surface area contributed by atoms with Gasteiger partial charge in [0.2, 0.25) is 0 Å². The Labute approximate surface area is 288 Å². The van der Waals surface area contributed by atoms with E-state index in [2.05, 4.69) is 217 Å². The van der Waals surface area contributed by atoms with E-state index in [0.717, 1.165) is 39.6 Å². The summed E-state index contributed by atoms with van der Waals surface area (Å²) >= 11 is 0. The van der Waals surface area contributed by atoms with E-state index in [9.17, 15) is 0 Å². The summed E-state index contributed by atoms with van der Waals surface area (Å²) in [5.74, 6) is 0. The molecule has 0 fully saturated rings. The lowest BCUT2D eigenvalue weighted by Crippen LogP contribution is -2.10. The van der Waals surface area contributed by atoms with E-state index in [1.807, 2.05) is 0 Å². The molecule has 0 N–H and O–H groups in total. The van der Waals surface area contributed by atoms with Gasteiger partial charge in [0.05, 0.1) is 5.69 Å². The molecule has 2 nitrogen and oxygen atoms in total. The second-order valence-electron chi connectivity index (χ2n) is 12.4. The summed E-state index contributed by atoms with van der Waals surface area (Å²) < 4.78 is 0. The van der Waals surface area contributed by atoms with Crippen molar-refractivity contribution in [3.8, 4) is 0 Å². The third-order valence-corrected chi connectivity index (χ3v) is 9.08. The third-order valence-electron chi connectivity index (χ3n) is 9.08. The minimum absolute atomic E-state index is 1.12. The molecule has 0 radical (unpaired) electrons. The van der Waals surface area contributed by atoms with Gasteiger partial charge in [-0.3, -0.25) is 0 Å². The monoisotopic (exact) mass is 628 g/mol.